The van der Waals surface area contributed by atoms with Gasteiger partial charge in [-0.2, -0.15) is 12.6 Å². The summed E-state index contributed by atoms with van der Waals surface area (Å²) in [6, 6.07) is 7.96. The third kappa shape index (κ3) is 2.67. The van der Waals surface area contributed by atoms with Crippen LogP contribution in [0.2, 0.25) is 0 Å². The van der Waals surface area contributed by atoms with Gasteiger partial charge >= 0.3 is 0 Å². The van der Waals surface area contributed by atoms with Gasteiger partial charge in [0.25, 0.3) is 0 Å². The van der Waals surface area contributed by atoms with Crippen LogP contribution in [-0.4, -0.2) is 12.2 Å². The minimum absolute atomic E-state index is 0.799. The number of methoxy groups -OCH3 is 1. The Bertz CT molecular complexity index is 225. The molecule has 1 aromatic rings. The number of thiol groups is 1. The van der Waals surface area contributed by atoms with E-state index < -0.39 is 0 Å². The van der Waals surface area contributed by atoms with Gasteiger partial charge in [0.15, 0.2) is 0 Å². The number of rotatable bonds is 3. The van der Waals surface area contributed by atoms with Crippen molar-refractivity contribution in [2.75, 3.05) is 12.2 Å². The van der Waals surface area contributed by atoms with E-state index in [9.17, 15) is 0 Å². The van der Waals surface area contributed by atoms with Gasteiger partial charge in [0.05, 0.1) is 7.11 Å². The van der Waals surface area contributed by atoms with Gasteiger partial charge in [-0.1, -0.05) is 6.07 Å². The van der Waals surface area contributed by atoms with Crippen LogP contribution in [0, 0.1) is 0 Å². The zero-order chi connectivity index (χ0) is 8.10. The van der Waals surface area contributed by atoms with Crippen molar-refractivity contribution < 1.29 is 4.74 Å². The molecule has 0 aromatic heterocycles. The molecule has 0 heterocycles. The van der Waals surface area contributed by atoms with Gasteiger partial charge in [-0.15, -0.1) is 11.8 Å². The Kier molecular flexibility index (Phi) is 3.66. The van der Waals surface area contributed by atoms with E-state index in [1.807, 2.05) is 24.3 Å². The maximum atomic E-state index is 5.06. The molecule has 0 aliphatic rings. The van der Waals surface area contributed by atoms with Crippen molar-refractivity contribution in [3.63, 3.8) is 0 Å². The maximum absolute atomic E-state index is 5.06. The lowest BCUT2D eigenvalue weighted by atomic mass is 10.3. The van der Waals surface area contributed by atoms with E-state index >= 15 is 0 Å². The first-order chi connectivity index (χ1) is 5.36. The van der Waals surface area contributed by atoms with Crippen LogP contribution in [-0.2, 0) is 0 Å². The van der Waals surface area contributed by atoms with Crippen molar-refractivity contribution in [1.29, 1.82) is 0 Å². The van der Waals surface area contributed by atoms with Crippen molar-refractivity contribution in [3.05, 3.63) is 24.3 Å². The predicted octanol–water partition coefficient (Wildman–Crippen LogP) is 2.67. The van der Waals surface area contributed by atoms with Crippen LogP contribution in [0.1, 0.15) is 0 Å². The molecule has 1 rings (SSSR count). The number of ether oxygens (including phenoxy) is 1. The summed E-state index contributed by atoms with van der Waals surface area (Å²) in [6.45, 7) is 0. The van der Waals surface area contributed by atoms with Crippen molar-refractivity contribution in [3.8, 4) is 5.75 Å². The van der Waals surface area contributed by atoms with Gasteiger partial charge in [0.2, 0.25) is 0 Å². The summed E-state index contributed by atoms with van der Waals surface area (Å²) in [5.74, 6) is 0.900. The molecule has 0 aliphatic carbocycles. The van der Waals surface area contributed by atoms with E-state index in [1.165, 1.54) is 4.90 Å². The maximum Gasteiger partial charge on any atom is 0.119 e. The monoisotopic (exact) mass is 186 g/mol. The second kappa shape index (κ2) is 4.57. The molecule has 1 nitrogen and oxygen atoms in total. The third-order valence-corrected chi connectivity index (χ3v) is 2.38. The van der Waals surface area contributed by atoms with E-state index in [2.05, 4.69) is 12.6 Å². The van der Waals surface area contributed by atoms with Crippen LogP contribution in [0.4, 0.5) is 0 Å². The third-order valence-electron chi connectivity index (χ3n) is 1.27. The standard InChI is InChI=1S/C8H10OS2/c1-9-7-3-2-4-8(5-7)11-6-10/h2-5,10H,6H2,1H3. The Labute approximate surface area is 76.6 Å². The highest BCUT2D eigenvalue weighted by Gasteiger charge is 1.93. The van der Waals surface area contributed by atoms with E-state index in [-0.39, 0.29) is 0 Å². The highest BCUT2D eigenvalue weighted by molar-refractivity contribution is 8.09. The first-order valence-electron chi connectivity index (χ1n) is 3.24. The van der Waals surface area contributed by atoms with E-state index in [4.69, 9.17) is 4.74 Å². The normalized spacial score (nSPS) is 9.64. The van der Waals surface area contributed by atoms with Gasteiger partial charge in [-0.25, -0.2) is 0 Å². The second-order valence-electron chi connectivity index (χ2n) is 1.95. The van der Waals surface area contributed by atoms with Crippen LogP contribution in [0.15, 0.2) is 29.2 Å². The molecule has 0 N–H and O–H groups in total. The van der Waals surface area contributed by atoms with Gasteiger partial charge in [0.1, 0.15) is 5.75 Å². The Morgan fingerprint density at radius 2 is 2.36 bits per heavy atom. The average Bonchev–Trinajstić information content (AvgIpc) is 2.06. The highest BCUT2D eigenvalue weighted by atomic mass is 32.2. The summed E-state index contributed by atoms with van der Waals surface area (Å²) in [7, 11) is 1.67. The van der Waals surface area contributed by atoms with E-state index in [0.717, 1.165) is 10.8 Å². The smallest absolute Gasteiger partial charge is 0.119 e. The molecule has 0 fully saturated rings. The molecular formula is C8H10OS2. The zero-order valence-corrected chi connectivity index (χ0v) is 7.99. The quantitative estimate of drug-likeness (QED) is 0.441. The largest absolute Gasteiger partial charge is 0.497 e. The summed E-state index contributed by atoms with van der Waals surface area (Å²) < 4.78 is 5.06. The lowest BCUT2D eigenvalue weighted by Gasteiger charge is -2.01. The number of hydrogen-bond donors (Lipinski definition) is 1. The predicted molar refractivity (Wildman–Crippen MR) is 52.7 cm³/mol. The average molecular weight is 186 g/mol. The molecule has 60 valence electrons. The Morgan fingerprint density at radius 1 is 1.55 bits per heavy atom. The fourth-order valence-electron chi connectivity index (χ4n) is 0.766. The molecule has 0 saturated heterocycles. The molecule has 11 heavy (non-hydrogen) atoms. The molecule has 0 unspecified atom stereocenters. The van der Waals surface area contributed by atoms with Crippen molar-refractivity contribution in [1.82, 2.24) is 0 Å². The van der Waals surface area contributed by atoms with Crippen molar-refractivity contribution in [2.24, 2.45) is 0 Å². The van der Waals surface area contributed by atoms with Gasteiger partial charge in [-0.05, 0) is 18.2 Å². The summed E-state index contributed by atoms with van der Waals surface area (Å²) in [6.07, 6.45) is 0. The highest BCUT2D eigenvalue weighted by Crippen LogP contribution is 2.22. The number of hydrogen-bond acceptors (Lipinski definition) is 3. The summed E-state index contributed by atoms with van der Waals surface area (Å²) in [5, 5.41) is 0.799. The molecule has 0 saturated carbocycles. The minimum atomic E-state index is 0.799. The lowest BCUT2D eigenvalue weighted by Crippen LogP contribution is -1.81. The van der Waals surface area contributed by atoms with Crippen molar-refractivity contribution in [2.45, 2.75) is 4.90 Å². The van der Waals surface area contributed by atoms with E-state index in [1.54, 1.807) is 18.9 Å². The van der Waals surface area contributed by atoms with Crippen molar-refractivity contribution >= 4 is 24.4 Å². The molecule has 0 bridgehead atoms. The fraction of sp³-hybridized carbons (Fsp3) is 0.250. The van der Waals surface area contributed by atoms with Gasteiger partial charge < -0.3 is 4.74 Å². The Morgan fingerprint density at radius 3 is 3.00 bits per heavy atom. The zero-order valence-electron chi connectivity index (χ0n) is 6.28. The summed E-state index contributed by atoms with van der Waals surface area (Å²) >= 11 is 5.81. The first-order valence-corrected chi connectivity index (χ1v) is 4.86. The van der Waals surface area contributed by atoms with E-state index in [0.29, 0.717) is 0 Å². The lowest BCUT2D eigenvalue weighted by molar-refractivity contribution is 0.413. The SMILES string of the molecule is COc1cccc(SCS)c1. The minimum Gasteiger partial charge on any atom is -0.497 e. The first kappa shape index (κ1) is 8.81. The Hall–Kier alpha value is -0.280. The fourth-order valence-corrected chi connectivity index (χ4v) is 1.74. The molecule has 0 radical (unpaired) electrons. The second-order valence-corrected chi connectivity index (χ2v) is 3.75. The van der Waals surface area contributed by atoms with Crippen LogP contribution in [0.5, 0.6) is 5.75 Å². The molecular weight excluding hydrogens is 176 g/mol. The topological polar surface area (TPSA) is 9.23 Å². The van der Waals surface area contributed by atoms with Gasteiger partial charge in [-0.3, -0.25) is 0 Å². The summed E-state index contributed by atoms with van der Waals surface area (Å²) in [5.41, 5.74) is 0. The molecule has 0 aliphatic heterocycles. The molecule has 0 atom stereocenters. The number of benzene rings is 1. The van der Waals surface area contributed by atoms with Crippen LogP contribution in [0.3, 0.4) is 0 Å². The van der Waals surface area contributed by atoms with Gasteiger partial charge in [0, 0.05) is 9.98 Å². The number of thioether (sulfide) groups is 1. The Balaban J connectivity index is 2.74. The summed E-state index contributed by atoms with van der Waals surface area (Å²) in [4.78, 5) is 1.19. The van der Waals surface area contributed by atoms with Crippen LogP contribution < -0.4 is 4.74 Å². The molecule has 1 aromatic carbocycles. The molecule has 0 spiro atoms. The van der Waals surface area contributed by atoms with Crippen LogP contribution in [0.25, 0.3) is 0 Å². The van der Waals surface area contributed by atoms with Crippen LogP contribution >= 0.6 is 24.4 Å². The molecule has 0 amide bonds. The molecule has 3 heteroatoms.